The van der Waals surface area contributed by atoms with Gasteiger partial charge in [-0.25, -0.2) is 9.37 Å². The van der Waals surface area contributed by atoms with E-state index in [1.165, 1.54) is 37.0 Å². The summed E-state index contributed by atoms with van der Waals surface area (Å²) in [5.41, 5.74) is 1.17. The number of amides is 3. The van der Waals surface area contributed by atoms with Crippen molar-refractivity contribution in [3.8, 4) is 0 Å². The van der Waals surface area contributed by atoms with E-state index < -0.39 is 17.6 Å². The van der Waals surface area contributed by atoms with E-state index in [1.807, 2.05) is 0 Å². The third kappa shape index (κ3) is 6.59. The van der Waals surface area contributed by atoms with Crippen LogP contribution < -0.4 is 16.0 Å². The molecule has 1 aliphatic heterocycles. The van der Waals surface area contributed by atoms with Gasteiger partial charge in [0.15, 0.2) is 5.69 Å². The molecule has 3 amide bonds. The standard InChI is InChI=1S/C27H31FN6O3/c1-27(2,34-14-4-3-5-15-34)16-29-25(36)22-23(31-17-30-22)26(37)33-21-12-10-20(11-13-21)32-24(35)18-6-8-19(28)9-7-18/h6-13,17H,3-5,14-16H2,1-2H3,(H,29,36)(H,30,31)(H,32,35)(H,33,37). The molecule has 0 atom stereocenters. The summed E-state index contributed by atoms with van der Waals surface area (Å²) in [6.07, 6.45) is 4.86. The number of rotatable bonds is 8. The maximum absolute atomic E-state index is 13.1. The first-order chi connectivity index (χ1) is 17.7. The number of carbonyl (C=O) groups excluding carboxylic acids is 3. The number of nitrogens with one attached hydrogen (secondary N) is 4. The molecule has 0 spiro atoms. The second kappa shape index (κ2) is 11.3. The molecule has 3 aromatic rings. The zero-order valence-corrected chi connectivity index (χ0v) is 20.9. The summed E-state index contributed by atoms with van der Waals surface area (Å²) in [6, 6.07) is 11.7. The van der Waals surface area contributed by atoms with Crippen LogP contribution >= 0.6 is 0 Å². The van der Waals surface area contributed by atoms with Crippen LogP contribution in [-0.2, 0) is 0 Å². The Kier molecular flexibility index (Phi) is 7.98. The molecule has 0 bridgehead atoms. The van der Waals surface area contributed by atoms with Gasteiger partial charge in [-0.1, -0.05) is 6.42 Å². The predicted molar refractivity (Wildman–Crippen MR) is 139 cm³/mol. The van der Waals surface area contributed by atoms with E-state index in [0.717, 1.165) is 25.9 Å². The minimum absolute atomic E-state index is 0.0121. The minimum atomic E-state index is -0.537. The van der Waals surface area contributed by atoms with Crippen molar-refractivity contribution in [3.05, 3.63) is 77.6 Å². The van der Waals surface area contributed by atoms with Gasteiger partial charge in [0.25, 0.3) is 17.7 Å². The van der Waals surface area contributed by atoms with Gasteiger partial charge >= 0.3 is 0 Å². The highest BCUT2D eigenvalue weighted by Crippen LogP contribution is 2.20. The van der Waals surface area contributed by atoms with E-state index in [0.29, 0.717) is 23.5 Å². The SMILES string of the molecule is CC(C)(CNC(=O)c1[nH]cnc1C(=O)Nc1ccc(NC(=O)c2ccc(F)cc2)cc1)N1CCCCC1. The Morgan fingerprint density at radius 3 is 2.11 bits per heavy atom. The number of aromatic amines is 1. The van der Waals surface area contributed by atoms with Gasteiger partial charge < -0.3 is 20.9 Å². The third-order valence-corrected chi connectivity index (χ3v) is 6.48. The molecule has 10 heteroatoms. The minimum Gasteiger partial charge on any atom is -0.349 e. The predicted octanol–water partition coefficient (Wildman–Crippen LogP) is 4.05. The second-order valence-electron chi connectivity index (χ2n) is 9.66. The lowest BCUT2D eigenvalue weighted by molar-refractivity contribution is 0.0792. The summed E-state index contributed by atoms with van der Waals surface area (Å²) >= 11 is 0. The molecule has 1 aromatic heterocycles. The molecular formula is C27H31FN6O3. The average Bonchev–Trinajstić information content (AvgIpc) is 3.40. The summed E-state index contributed by atoms with van der Waals surface area (Å²) in [5.74, 6) is -1.74. The Morgan fingerprint density at radius 2 is 1.49 bits per heavy atom. The smallest absolute Gasteiger partial charge is 0.276 e. The second-order valence-corrected chi connectivity index (χ2v) is 9.66. The molecule has 1 aliphatic rings. The maximum Gasteiger partial charge on any atom is 0.276 e. The van der Waals surface area contributed by atoms with Gasteiger partial charge in [-0.2, -0.15) is 0 Å². The van der Waals surface area contributed by atoms with E-state index in [9.17, 15) is 18.8 Å². The zero-order valence-electron chi connectivity index (χ0n) is 20.9. The Labute approximate surface area is 214 Å². The van der Waals surface area contributed by atoms with Gasteiger partial charge in [-0.3, -0.25) is 19.3 Å². The molecule has 1 saturated heterocycles. The van der Waals surface area contributed by atoms with E-state index in [4.69, 9.17) is 0 Å². The van der Waals surface area contributed by atoms with E-state index >= 15 is 0 Å². The van der Waals surface area contributed by atoms with Crippen LogP contribution in [0.15, 0.2) is 54.9 Å². The molecule has 37 heavy (non-hydrogen) atoms. The van der Waals surface area contributed by atoms with Crippen molar-refractivity contribution in [3.63, 3.8) is 0 Å². The number of anilines is 2. The van der Waals surface area contributed by atoms with Crippen LogP contribution in [0, 0.1) is 5.82 Å². The number of halogens is 1. The van der Waals surface area contributed by atoms with E-state index in [2.05, 4.69) is 44.7 Å². The molecule has 1 fully saturated rings. The van der Waals surface area contributed by atoms with E-state index in [1.54, 1.807) is 24.3 Å². The van der Waals surface area contributed by atoms with Crippen molar-refractivity contribution < 1.29 is 18.8 Å². The number of hydrogen-bond acceptors (Lipinski definition) is 5. The molecule has 0 saturated carbocycles. The summed E-state index contributed by atoms with van der Waals surface area (Å²) in [4.78, 5) is 47.2. The lowest BCUT2D eigenvalue weighted by Gasteiger charge is -2.41. The largest absolute Gasteiger partial charge is 0.349 e. The number of likely N-dealkylation sites (tertiary alicyclic amines) is 1. The van der Waals surface area contributed by atoms with Crippen molar-refractivity contribution >= 4 is 29.1 Å². The monoisotopic (exact) mass is 506 g/mol. The summed E-state index contributed by atoms with van der Waals surface area (Å²) in [7, 11) is 0. The van der Waals surface area contributed by atoms with Crippen LogP contribution in [0.3, 0.4) is 0 Å². The van der Waals surface area contributed by atoms with Gasteiger partial charge in [0.05, 0.1) is 6.33 Å². The number of piperidine rings is 1. The first kappa shape index (κ1) is 26.0. The maximum atomic E-state index is 13.1. The number of hydrogen-bond donors (Lipinski definition) is 4. The van der Waals surface area contributed by atoms with Crippen molar-refractivity contribution in [1.82, 2.24) is 20.2 Å². The lowest BCUT2D eigenvalue weighted by Crippen LogP contribution is -2.53. The van der Waals surface area contributed by atoms with Crippen LogP contribution in [0.4, 0.5) is 15.8 Å². The Morgan fingerprint density at radius 1 is 0.892 bits per heavy atom. The number of benzene rings is 2. The normalized spacial score (nSPS) is 14.1. The molecule has 194 valence electrons. The molecule has 0 radical (unpaired) electrons. The van der Waals surface area contributed by atoms with Gasteiger partial charge in [0, 0.05) is 29.0 Å². The number of carbonyl (C=O) groups is 3. The van der Waals surface area contributed by atoms with Crippen molar-refractivity contribution in [2.45, 2.75) is 38.6 Å². The first-order valence-corrected chi connectivity index (χ1v) is 12.3. The van der Waals surface area contributed by atoms with Crippen LogP contribution in [0.2, 0.25) is 0 Å². The van der Waals surface area contributed by atoms with Gasteiger partial charge in [-0.15, -0.1) is 0 Å². The molecule has 4 rings (SSSR count). The van der Waals surface area contributed by atoms with Crippen molar-refractivity contribution in [2.75, 3.05) is 30.3 Å². The topological polar surface area (TPSA) is 119 Å². The average molecular weight is 507 g/mol. The summed E-state index contributed by atoms with van der Waals surface area (Å²) < 4.78 is 13.1. The van der Waals surface area contributed by atoms with Crippen LogP contribution in [0.5, 0.6) is 0 Å². The van der Waals surface area contributed by atoms with Crippen LogP contribution in [0.1, 0.15) is 64.4 Å². The Balaban J connectivity index is 1.33. The highest BCUT2D eigenvalue weighted by molar-refractivity contribution is 6.10. The molecule has 0 aliphatic carbocycles. The van der Waals surface area contributed by atoms with Crippen molar-refractivity contribution in [1.29, 1.82) is 0 Å². The van der Waals surface area contributed by atoms with Gasteiger partial charge in [-0.05, 0) is 88.3 Å². The Hall–Kier alpha value is -4.05. The molecule has 2 aromatic carbocycles. The number of aromatic nitrogens is 2. The third-order valence-electron chi connectivity index (χ3n) is 6.48. The zero-order chi connectivity index (χ0) is 26.4. The molecule has 2 heterocycles. The van der Waals surface area contributed by atoms with Crippen LogP contribution in [-0.4, -0.2) is 57.8 Å². The van der Waals surface area contributed by atoms with Crippen LogP contribution in [0.25, 0.3) is 0 Å². The highest BCUT2D eigenvalue weighted by Gasteiger charge is 2.29. The van der Waals surface area contributed by atoms with Crippen molar-refractivity contribution in [2.24, 2.45) is 0 Å². The molecule has 4 N–H and O–H groups in total. The fourth-order valence-electron chi connectivity index (χ4n) is 4.27. The molecule has 9 nitrogen and oxygen atoms in total. The quantitative estimate of drug-likeness (QED) is 0.368. The fraction of sp³-hybridized carbons (Fsp3) is 0.333. The van der Waals surface area contributed by atoms with Gasteiger partial charge in [0.2, 0.25) is 0 Å². The molecule has 0 unspecified atom stereocenters. The first-order valence-electron chi connectivity index (χ1n) is 12.3. The molecular weight excluding hydrogens is 475 g/mol. The lowest BCUT2D eigenvalue weighted by atomic mass is 9.98. The summed E-state index contributed by atoms with van der Waals surface area (Å²) in [6.45, 7) is 6.66. The Bertz CT molecular complexity index is 1250. The number of H-pyrrole nitrogens is 1. The fourth-order valence-corrected chi connectivity index (χ4v) is 4.27. The summed E-state index contributed by atoms with van der Waals surface area (Å²) in [5, 5.41) is 8.36. The number of nitrogens with zero attached hydrogens (tertiary/aromatic N) is 2. The van der Waals surface area contributed by atoms with E-state index in [-0.39, 0.29) is 22.8 Å². The van der Waals surface area contributed by atoms with Gasteiger partial charge in [0.1, 0.15) is 11.5 Å². The highest BCUT2D eigenvalue weighted by atomic mass is 19.1. The number of imidazole rings is 1.